The number of nitrogens with one attached hydrogen (secondary N) is 2. The maximum absolute atomic E-state index is 13.4. The Balaban J connectivity index is 1.70. The Bertz CT molecular complexity index is 1060. The zero-order valence-corrected chi connectivity index (χ0v) is 16.3. The summed E-state index contributed by atoms with van der Waals surface area (Å²) in [6, 6.07) is 8.69. The molecule has 152 valence electrons. The van der Waals surface area contributed by atoms with Crippen molar-refractivity contribution in [3.8, 4) is 11.5 Å². The highest BCUT2D eigenvalue weighted by atomic mass is 19.1. The van der Waals surface area contributed by atoms with Gasteiger partial charge in [-0.2, -0.15) is 0 Å². The minimum absolute atomic E-state index is 0.00760. The summed E-state index contributed by atoms with van der Waals surface area (Å²) in [5, 5.41) is 0.494. The van der Waals surface area contributed by atoms with Gasteiger partial charge in [-0.05, 0) is 49.7 Å². The van der Waals surface area contributed by atoms with Gasteiger partial charge in [0.1, 0.15) is 11.4 Å². The number of ether oxygens (including phenoxy) is 2. The molecule has 8 heteroatoms. The van der Waals surface area contributed by atoms with Crippen molar-refractivity contribution in [1.29, 1.82) is 0 Å². The highest BCUT2D eigenvalue weighted by molar-refractivity contribution is 6.01. The van der Waals surface area contributed by atoms with E-state index < -0.39 is 17.6 Å². The van der Waals surface area contributed by atoms with Crippen LogP contribution in [0.5, 0.6) is 11.5 Å². The van der Waals surface area contributed by atoms with Gasteiger partial charge in [0.25, 0.3) is 5.91 Å². The lowest BCUT2D eigenvalue weighted by atomic mass is 10.1. The van der Waals surface area contributed by atoms with Crippen molar-refractivity contribution >= 4 is 22.8 Å². The van der Waals surface area contributed by atoms with E-state index in [9.17, 15) is 14.0 Å². The Kier molecular flexibility index (Phi) is 6.01. The maximum atomic E-state index is 13.4. The molecule has 2 aromatic carbocycles. The van der Waals surface area contributed by atoms with Crippen molar-refractivity contribution in [2.24, 2.45) is 0 Å². The normalized spacial score (nSPS) is 10.6. The van der Waals surface area contributed by atoms with E-state index in [2.05, 4.69) is 10.9 Å². The van der Waals surface area contributed by atoms with Crippen LogP contribution in [0, 0.1) is 12.7 Å². The van der Waals surface area contributed by atoms with E-state index in [1.54, 1.807) is 19.1 Å². The molecule has 0 radical (unpaired) electrons. The number of methoxy groups -OCH3 is 1. The fourth-order valence-electron chi connectivity index (χ4n) is 2.79. The van der Waals surface area contributed by atoms with Crippen LogP contribution in [0.15, 0.2) is 40.8 Å². The number of carbonyl (C=O) groups excluding carboxylic acids is 2. The number of benzene rings is 2. The van der Waals surface area contributed by atoms with Gasteiger partial charge >= 0.3 is 5.91 Å². The van der Waals surface area contributed by atoms with Gasteiger partial charge in [0.2, 0.25) is 0 Å². The number of fused-ring (bicyclic) bond motifs is 1. The van der Waals surface area contributed by atoms with Crippen LogP contribution in [0.2, 0.25) is 0 Å². The Morgan fingerprint density at radius 2 is 1.83 bits per heavy atom. The molecule has 0 aliphatic heterocycles. The number of furan rings is 1. The van der Waals surface area contributed by atoms with Gasteiger partial charge in [-0.25, -0.2) is 4.39 Å². The van der Waals surface area contributed by atoms with E-state index in [4.69, 9.17) is 13.9 Å². The van der Waals surface area contributed by atoms with Gasteiger partial charge in [-0.15, -0.1) is 0 Å². The molecule has 0 unspecified atom stereocenters. The van der Waals surface area contributed by atoms with E-state index in [1.165, 1.54) is 31.4 Å². The number of halogens is 1. The van der Waals surface area contributed by atoms with Crippen molar-refractivity contribution in [3.05, 3.63) is 59.1 Å². The van der Waals surface area contributed by atoms with Gasteiger partial charge in [0.15, 0.2) is 17.3 Å². The molecule has 1 heterocycles. The largest absolute Gasteiger partial charge is 0.493 e. The molecule has 2 amide bonds. The first-order valence-corrected chi connectivity index (χ1v) is 9.04. The third-order valence-electron chi connectivity index (χ3n) is 4.28. The second-order valence-electron chi connectivity index (χ2n) is 6.32. The van der Waals surface area contributed by atoms with Crippen LogP contribution in [-0.4, -0.2) is 25.5 Å². The van der Waals surface area contributed by atoms with Crippen LogP contribution in [0.1, 0.15) is 39.8 Å². The fourth-order valence-corrected chi connectivity index (χ4v) is 2.79. The second-order valence-corrected chi connectivity index (χ2v) is 6.32. The molecule has 0 atom stereocenters. The molecule has 0 saturated heterocycles. The van der Waals surface area contributed by atoms with Gasteiger partial charge in [0, 0.05) is 16.5 Å². The summed E-state index contributed by atoms with van der Waals surface area (Å²) in [6.45, 7) is 4.15. The molecule has 2 N–H and O–H groups in total. The third kappa shape index (κ3) is 4.31. The number of hydrogen-bond acceptors (Lipinski definition) is 5. The molecule has 0 bridgehead atoms. The lowest BCUT2D eigenvalue weighted by Crippen LogP contribution is -2.41. The van der Waals surface area contributed by atoms with Gasteiger partial charge in [0.05, 0.1) is 13.7 Å². The zero-order valence-electron chi connectivity index (χ0n) is 16.3. The number of amides is 2. The van der Waals surface area contributed by atoms with E-state index in [-0.39, 0.29) is 11.3 Å². The smallest absolute Gasteiger partial charge is 0.305 e. The van der Waals surface area contributed by atoms with Crippen LogP contribution in [0.25, 0.3) is 11.0 Å². The van der Waals surface area contributed by atoms with Crippen LogP contribution >= 0.6 is 0 Å². The molecule has 1 aromatic heterocycles. The molecule has 0 fully saturated rings. The number of carbonyl (C=O) groups is 2. The van der Waals surface area contributed by atoms with E-state index >= 15 is 0 Å². The van der Waals surface area contributed by atoms with Crippen molar-refractivity contribution in [1.82, 2.24) is 10.9 Å². The summed E-state index contributed by atoms with van der Waals surface area (Å²) in [7, 11) is 1.48. The van der Waals surface area contributed by atoms with Crippen LogP contribution in [0.3, 0.4) is 0 Å². The Morgan fingerprint density at radius 1 is 1.07 bits per heavy atom. The molecule has 29 heavy (non-hydrogen) atoms. The molecule has 3 rings (SSSR count). The van der Waals surface area contributed by atoms with Crippen molar-refractivity contribution in [2.45, 2.75) is 20.3 Å². The van der Waals surface area contributed by atoms with Crippen molar-refractivity contribution in [3.63, 3.8) is 0 Å². The van der Waals surface area contributed by atoms with Gasteiger partial charge < -0.3 is 13.9 Å². The lowest BCUT2D eigenvalue weighted by Gasteiger charge is -2.12. The average molecular weight is 400 g/mol. The summed E-state index contributed by atoms with van der Waals surface area (Å²) in [4.78, 5) is 24.8. The SMILES string of the molecule is CCCOc1ccc(C(=O)NNC(=O)c2oc3ccc(F)cc3c2C)cc1OC. The standard InChI is InChI=1S/C21H21FN2O5/c1-4-9-28-17-7-5-13(10-18(17)27-3)20(25)23-24-21(26)19-12(2)15-11-14(22)6-8-16(15)29-19/h5-8,10-11H,4,9H2,1-3H3,(H,23,25)(H,24,26). The minimum atomic E-state index is -0.651. The first-order chi connectivity index (χ1) is 13.9. The minimum Gasteiger partial charge on any atom is -0.493 e. The quantitative estimate of drug-likeness (QED) is 0.615. The predicted molar refractivity (Wildman–Crippen MR) is 105 cm³/mol. The first kappa shape index (κ1) is 20.2. The second kappa shape index (κ2) is 8.64. The Labute approximate surface area is 166 Å². The molecule has 0 spiro atoms. The number of hydrogen-bond donors (Lipinski definition) is 2. The molecular formula is C21H21FN2O5. The highest BCUT2D eigenvalue weighted by Gasteiger charge is 2.19. The molecular weight excluding hydrogens is 379 g/mol. The molecule has 0 saturated carbocycles. The summed E-state index contributed by atoms with van der Waals surface area (Å²) in [5.74, 6) is -0.692. The summed E-state index contributed by atoms with van der Waals surface area (Å²) < 4.78 is 29.7. The number of aryl methyl sites for hydroxylation is 1. The number of hydrazine groups is 1. The summed E-state index contributed by atoms with van der Waals surface area (Å²) >= 11 is 0. The third-order valence-corrected chi connectivity index (χ3v) is 4.28. The van der Waals surface area contributed by atoms with E-state index in [0.29, 0.717) is 34.6 Å². The Hall–Kier alpha value is -3.55. The predicted octanol–water partition coefficient (Wildman–Crippen LogP) is 3.75. The van der Waals surface area contributed by atoms with Crippen molar-refractivity contribution < 1.29 is 27.9 Å². The van der Waals surface area contributed by atoms with Crippen LogP contribution < -0.4 is 20.3 Å². The van der Waals surface area contributed by atoms with E-state index in [1.807, 2.05) is 6.92 Å². The molecule has 0 aliphatic carbocycles. The monoisotopic (exact) mass is 400 g/mol. The average Bonchev–Trinajstić information content (AvgIpc) is 3.06. The first-order valence-electron chi connectivity index (χ1n) is 9.04. The van der Waals surface area contributed by atoms with Gasteiger partial charge in [-0.1, -0.05) is 6.92 Å². The molecule has 0 aliphatic rings. The topological polar surface area (TPSA) is 89.8 Å². The Morgan fingerprint density at radius 3 is 2.55 bits per heavy atom. The molecule has 3 aromatic rings. The maximum Gasteiger partial charge on any atom is 0.305 e. The summed E-state index contributed by atoms with van der Waals surface area (Å²) in [6.07, 6.45) is 0.839. The van der Waals surface area contributed by atoms with E-state index in [0.717, 1.165) is 6.42 Å². The highest BCUT2D eigenvalue weighted by Crippen LogP contribution is 2.28. The summed E-state index contributed by atoms with van der Waals surface area (Å²) in [5.41, 5.74) is 5.76. The number of rotatable bonds is 6. The zero-order chi connectivity index (χ0) is 21.0. The van der Waals surface area contributed by atoms with Crippen molar-refractivity contribution in [2.75, 3.05) is 13.7 Å². The van der Waals surface area contributed by atoms with Crippen LogP contribution in [0.4, 0.5) is 4.39 Å². The van der Waals surface area contributed by atoms with Crippen LogP contribution in [-0.2, 0) is 0 Å². The van der Waals surface area contributed by atoms with Gasteiger partial charge in [-0.3, -0.25) is 20.4 Å². The lowest BCUT2D eigenvalue weighted by molar-refractivity contribution is 0.0831. The molecule has 7 nitrogen and oxygen atoms in total. The fraction of sp³-hybridized carbons (Fsp3) is 0.238.